The first-order valence-corrected chi connectivity index (χ1v) is 8.20. The second kappa shape index (κ2) is 7.25. The van der Waals surface area contributed by atoms with E-state index in [0.29, 0.717) is 11.3 Å². The molecule has 2 aromatic carbocycles. The van der Waals surface area contributed by atoms with Gasteiger partial charge in [-0.3, -0.25) is 0 Å². The molecule has 134 valence electrons. The molecule has 1 aromatic heterocycles. The lowest BCUT2D eigenvalue weighted by molar-refractivity contribution is -0.140. The van der Waals surface area contributed by atoms with Crippen LogP contribution in [0.1, 0.15) is 11.3 Å². The maximum atomic E-state index is 13.3. The van der Waals surface area contributed by atoms with Crippen LogP contribution in [0.5, 0.6) is 5.75 Å². The van der Waals surface area contributed by atoms with E-state index in [1.807, 2.05) is 0 Å². The third kappa shape index (κ3) is 4.08. The molecule has 3 nitrogen and oxygen atoms in total. The van der Waals surface area contributed by atoms with Gasteiger partial charge in [0.15, 0.2) is 5.69 Å². The smallest absolute Gasteiger partial charge is 0.434 e. The first-order chi connectivity index (χ1) is 12.4. The van der Waals surface area contributed by atoms with Crippen molar-refractivity contribution in [1.29, 1.82) is 0 Å². The van der Waals surface area contributed by atoms with Crippen LogP contribution < -0.4 is 4.74 Å². The van der Waals surface area contributed by atoms with Crippen molar-refractivity contribution in [1.82, 2.24) is 4.98 Å². The summed E-state index contributed by atoms with van der Waals surface area (Å²) in [6.45, 7) is 0. The van der Waals surface area contributed by atoms with Gasteiger partial charge in [-0.05, 0) is 47.5 Å². The van der Waals surface area contributed by atoms with E-state index < -0.39 is 17.7 Å². The SMILES string of the molecule is COc1ccc(C=Nc2nc(C(F)(F)F)c(-c3ccc(F)cc3)s2)cc1. The quantitative estimate of drug-likeness (QED) is 0.428. The fourth-order valence-corrected chi connectivity index (χ4v) is 3.11. The van der Waals surface area contributed by atoms with E-state index in [1.165, 1.54) is 25.5 Å². The molecule has 8 heteroatoms. The van der Waals surface area contributed by atoms with Crippen LogP contribution >= 0.6 is 11.3 Å². The first-order valence-electron chi connectivity index (χ1n) is 7.39. The summed E-state index contributed by atoms with van der Waals surface area (Å²) in [4.78, 5) is 7.55. The number of thiazole rings is 1. The second-order valence-corrected chi connectivity index (χ2v) is 6.19. The van der Waals surface area contributed by atoms with Gasteiger partial charge in [0.25, 0.3) is 0 Å². The van der Waals surface area contributed by atoms with Crippen LogP contribution in [0, 0.1) is 5.82 Å². The number of alkyl halides is 3. The minimum atomic E-state index is -4.63. The largest absolute Gasteiger partial charge is 0.497 e. The molecule has 0 saturated carbocycles. The summed E-state index contributed by atoms with van der Waals surface area (Å²) in [6.07, 6.45) is -3.21. The molecule has 0 N–H and O–H groups in total. The summed E-state index contributed by atoms with van der Waals surface area (Å²) in [5.74, 6) is 0.138. The Morgan fingerprint density at radius 3 is 2.27 bits per heavy atom. The van der Waals surface area contributed by atoms with Gasteiger partial charge < -0.3 is 4.74 Å². The van der Waals surface area contributed by atoms with E-state index in [4.69, 9.17) is 4.74 Å². The Bertz CT molecular complexity index is 916. The molecule has 0 fully saturated rings. The second-order valence-electron chi connectivity index (χ2n) is 5.21. The molecular formula is C18H12F4N2OS. The monoisotopic (exact) mass is 380 g/mol. The third-order valence-electron chi connectivity index (χ3n) is 3.43. The maximum absolute atomic E-state index is 13.3. The van der Waals surface area contributed by atoms with Gasteiger partial charge in [-0.25, -0.2) is 14.4 Å². The number of hydrogen-bond donors (Lipinski definition) is 0. The van der Waals surface area contributed by atoms with E-state index >= 15 is 0 Å². The number of nitrogens with zero attached hydrogens (tertiary/aromatic N) is 2. The molecule has 0 radical (unpaired) electrons. The first kappa shape index (κ1) is 18.1. The summed E-state index contributed by atoms with van der Waals surface area (Å²) in [5.41, 5.74) is -0.101. The van der Waals surface area contributed by atoms with Crippen molar-refractivity contribution in [2.24, 2.45) is 4.99 Å². The number of halogens is 4. The lowest BCUT2D eigenvalue weighted by Gasteiger charge is -2.05. The molecule has 0 unspecified atom stereocenters. The van der Waals surface area contributed by atoms with Crippen molar-refractivity contribution in [3.8, 4) is 16.2 Å². The van der Waals surface area contributed by atoms with Crippen molar-refractivity contribution in [3.63, 3.8) is 0 Å². The normalized spacial score (nSPS) is 11.9. The molecule has 0 amide bonds. The van der Waals surface area contributed by atoms with E-state index in [-0.39, 0.29) is 15.6 Å². The molecule has 0 aliphatic heterocycles. The van der Waals surface area contributed by atoms with Crippen molar-refractivity contribution in [2.45, 2.75) is 6.18 Å². The Labute approximate surface area is 150 Å². The zero-order chi connectivity index (χ0) is 18.7. The van der Waals surface area contributed by atoms with Gasteiger partial charge in [0.05, 0.1) is 12.0 Å². The van der Waals surface area contributed by atoms with Crippen LogP contribution in [-0.4, -0.2) is 18.3 Å². The van der Waals surface area contributed by atoms with Crippen molar-refractivity contribution < 1.29 is 22.3 Å². The van der Waals surface area contributed by atoms with Crippen LogP contribution in [0.3, 0.4) is 0 Å². The van der Waals surface area contributed by atoms with Crippen LogP contribution in [-0.2, 0) is 6.18 Å². The fourth-order valence-electron chi connectivity index (χ4n) is 2.17. The topological polar surface area (TPSA) is 34.5 Å². The number of benzene rings is 2. The Balaban J connectivity index is 1.95. The Morgan fingerprint density at radius 2 is 1.69 bits per heavy atom. The van der Waals surface area contributed by atoms with Crippen molar-refractivity contribution in [2.75, 3.05) is 7.11 Å². The summed E-state index contributed by atoms with van der Waals surface area (Å²) in [6, 6.07) is 11.7. The summed E-state index contributed by atoms with van der Waals surface area (Å²) in [5, 5.41) is -0.0348. The standard InChI is InChI=1S/C18H12F4N2OS/c1-25-14-8-2-11(3-9-14)10-23-17-24-16(18(20,21)22)15(26-17)12-4-6-13(19)7-5-12/h2-10H,1H3. The minimum Gasteiger partial charge on any atom is -0.497 e. The van der Waals surface area contributed by atoms with Gasteiger partial charge in [0.1, 0.15) is 11.6 Å². The molecule has 0 bridgehead atoms. The summed E-state index contributed by atoms with van der Waals surface area (Å²) in [7, 11) is 1.54. The highest BCUT2D eigenvalue weighted by Gasteiger charge is 2.38. The summed E-state index contributed by atoms with van der Waals surface area (Å²) >= 11 is 0.796. The molecule has 3 rings (SSSR count). The number of methoxy groups -OCH3 is 1. The lowest BCUT2D eigenvalue weighted by Crippen LogP contribution is -2.06. The number of ether oxygens (including phenoxy) is 1. The molecule has 26 heavy (non-hydrogen) atoms. The number of hydrogen-bond acceptors (Lipinski definition) is 4. The lowest BCUT2D eigenvalue weighted by atomic mass is 10.1. The van der Waals surface area contributed by atoms with Gasteiger partial charge in [-0.15, -0.1) is 0 Å². The van der Waals surface area contributed by atoms with Gasteiger partial charge in [-0.1, -0.05) is 23.5 Å². The molecular weight excluding hydrogens is 368 g/mol. The molecule has 1 heterocycles. The van der Waals surface area contributed by atoms with Crippen LogP contribution in [0.25, 0.3) is 10.4 Å². The van der Waals surface area contributed by atoms with Crippen LogP contribution in [0.15, 0.2) is 53.5 Å². The van der Waals surface area contributed by atoms with Crippen molar-refractivity contribution in [3.05, 3.63) is 65.6 Å². The molecule has 0 saturated heterocycles. The Morgan fingerprint density at radius 1 is 1.04 bits per heavy atom. The van der Waals surface area contributed by atoms with E-state index in [0.717, 1.165) is 23.5 Å². The van der Waals surface area contributed by atoms with E-state index in [1.54, 1.807) is 24.3 Å². The average Bonchev–Trinajstić information content (AvgIpc) is 3.06. The molecule has 0 atom stereocenters. The Kier molecular flexibility index (Phi) is 5.03. The number of aromatic nitrogens is 1. The average molecular weight is 380 g/mol. The zero-order valence-corrected chi connectivity index (χ0v) is 14.2. The van der Waals surface area contributed by atoms with Gasteiger partial charge in [0.2, 0.25) is 5.13 Å². The highest BCUT2D eigenvalue weighted by Crippen LogP contribution is 2.42. The predicted octanol–water partition coefficient (Wildman–Crippen LogP) is 5.73. The molecule has 0 aliphatic rings. The van der Waals surface area contributed by atoms with E-state index in [9.17, 15) is 17.6 Å². The van der Waals surface area contributed by atoms with Gasteiger partial charge >= 0.3 is 6.18 Å². The van der Waals surface area contributed by atoms with Crippen LogP contribution in [0.2, 0.25) is 0 Å². The van der Waals surface area contributed by atoms with Gasteiger partial charge in [0, 0.05) is 6.21 Å². The maximum Gasteiger partial charge on any atom is 0.434 e. The predicted molar refractivity (Wildman–Crippen MR) is 92.8 cm³/mol. The van der Waals surface area contributed by atoms with E-state index in [2.05, 4.69) is 9.98 Å². The fraction of sp³-hybridized carbons (Fsp3) is 0.111. The molecule has 0 spiro atoms. The number of rotatable bonds is 4. The van der Waals surface area contributed by atoms with Crippen molar-refractivity contribution >= 4 is 22.7 Å². The Hall–Kier alpha value is -2.74. The third-order valence-corrected chi connectivity index (χ3v) is 4.44. The highest BCUT2D eigenvalue weighted by atomic mass is 32.1. The van der Waals surface area contributed by atoms with Crippen LogP contribution in [0.4, 0.5) is 22.7 Å². The molecule has 0 aliphatic carbocycles. The zero-order valence-electron chi connectivity index (χ0n) is 13.4. The van der Waals surface area contributed by atoms with Gasteiger partial charge in [-0.2, -0.15) is 13.2 Å². The highest BCUT2D eigenvalue weighted by molar-refractivity contribution is 7.18. The molecule has 3 aromatic rings. The summed E-state index contributed by atoms with van der Waals surface area (Å²) < 4.78 is 57.9. The minimum absolute atomic E-state index is 0.0348. The number of aliphatic imine (C=N–C) groups is 1.